The minimum absolute atomic E-state index is 0.636. The van der Waals surface area contributed by atoms with E-state index in [-0.39, 0.29) is 0 Å². The number of hydrogen-bond acceptors (Lipinski definition) is 2. The van der Waals surface area contributed by atoms with E-state index in [4.69, 9.17) is 5.73 Å². The van der Waals surface area contributed by atoms with Gasteiger partial charge in [-0.2, -0.15) is 0 Å². The van der Waals surface area contributed by atoms with Crippen LogP contribution in [-0.4, -0.2) is 15.9 Å². The Labute approximate surface area is 80.1 Å². The van der Waals surface area contributed by atoms with Gasteiger partial charge in [-0.3, -0.25) is 4.79 Å². The van der Waals surface area contributed by atoms with Crippen LogP contribution in [0.2, 0.25) is 0 Å². The molecule has 1 amide bonds. The lowest BCUT2D eigenvalue weighted by molar-refractivity contribution is -0.112. The second-order valence-corrected chi connectivity index (χ2v) is 2.72. The number of fused-ring (bicyclic) bond motifs is 1. The van der Waals surface area contributed by atoms with Crippen LogP contribution >= 0.6 is 0 Å². The molecular formula is C10H7N3O. The van der Waals surface area contributed by atoms with Gasteiger partial charge < -0.3 is 10.7 Å². The van der Waals surface area contributed by atoms with Crippen LogP contribution in [0.5, 0.6) is 0 Å². The predicted octanol–water partition coefficient (Wildman–Crippen LogP) is 0.400. The number of primary amides is 1. The van der Waals surface area contributed by atoms with E-state index in [9.17, 15) is 4.79 Å². The maximum atomic E-state index is 10.5. The normalized spacial score (nSPS) is 9.43. The van der Waals surface area contributed by atoms with Gasteiger partial charge in [0.15, 0.2) is 0 Å². The molecule has 3 N–H and O–H groups in total. The summed E-state index contributed by atoms with van der Waals surface area (Å²) in [5.74, 6) is 4.32. The van der Waals surface area contributed by atoms with Crippen LogP contribution in [0, 0.1) is 11.8 Å². The molecule has 68 valence electrons. The Morgan fingerprint density at radius 2 is 2.43 bits per heavy atom. The molecule has 0 fully saturated rings. The number of rotatable bonds is 0. The van der Waals surface area contributed by atoms with Crippen LogP contribution in [0.25, 0.3) is 11.0 Å². The number of carbonyl (C=O) groups is 1. The Balaban J connectivity index is 2.55. The maximum absolute atomic E-state index is 10.5. The summed E-state index contributed by atoms with van der Waals surface area (Å²) in [4.78, 5) is 17.5. The highest BCUT2D eigenvalue weighted by Crippen LogP contribution is 2.13. The van der Waals surface area contributed by atoms with Gasteiger partial charge in [-0.25, -0.2) is 4.98 Å². The van der Waals surface area contributed by atoms with Crippen molar-refractivity contribution in [3.63, 3.8) is 0 Å². The monoisotopic (exact) mass is 185 g/mol. The summed E-state index contributed by atoms with van der Waals surface area (Å²) in [7, 11) is 0. The molecule has 0 spiro atoms. The summed E-state index contributed by atoms with van der Waals surface area (Å²) in [5, 5.41) is 0.890. The number of amides is 1. The Hall–Kier alpha value is -2.28. The second-order valence-electron chi connectivity index (χ2n) is 2.72. The van der Waals surface area contributed by atoms with Crippen LogP contribution in [0.1, 0.15) is 5.56 Å². The van der Waals surface area contributed by atoms with Crippen molar-refractivity contribution in [1.82, 2.24) is 9.97 Å². The lowest BCUT2D eigenvalue weighted by Crippen LogP contribution is -2.06. The largest absolute Gasteiger partial charge is 0.359 e. The Morgan fingerprint density at radius 3 is 3.21 bits per heavy atom. The van der Waals surface area contributed by atoms with Crippen LogP contribution in [0.15, 0.2) is 24.5 Å². The fourth-order valence-electron chi connectivity index (χ4n) is 1.19. The van der Waals surface area contributed by atoms with Crippen LogP contribution in [0.3, 0.4) is 0 Å². The summed E-state index contributed by atoms with van der Waals surface area (Å²) in [6.07, 6.45) is 3.39. The number of carbonyl (C=O) groups excluding carboxylic acids is 1. The lowest BCUT2D eigenvalue weighted by Gasteiger charge is -1.86. The molecule has 0 radical (unpaired) electrons. The SMILES string of the molecule is NC(=O)C#Cc1c[nH]c2ncccc12. The van der Waals surface area contributed by atoms with Crippen molar-refractivity contribution in [3.8, 4) is 11.8 Å². The van der Waals surface area contributed by atoms with Crippen molar-refractivity contribution < 1.29 is 4.79 Å². The van der Waals surface area contributed by atoms with Gasteiger partial charge in [0, 0.05) is 23.7 Å². The van der Waals surface area contributed by atoms with Gasteiger partial charge in [-0.15, -0.1) is 0 Å². The van der Waals surface area contributed by atoms with E-state index < -0.39 is 5.91 Å². The fourth-order valence-corrected chi connectivity index (χ4v) is 1.19. The van der Waals surface area contributed by atoms with Gasteiger partial charge >= 0.3 is 0 Å². The summed E-state index contributed by atoms with van der Waals surface area (Å²) in [6, 6.07) is 3.69. The highest BCUT2D eigenvalue weighted by Gasteiger charge is 1.99. The van der Waals surface area contributed by atoms with E-state index in [1.807, 2.05) is 12.1 Å². The average molecular weight is 185 g/mol. The zero-order chi connectivity index (χ0) is 9.97. The zero-order valence-corrected chi connectivity index (χ0v) is 7.24. The van der Waals surface area contributed by atoms with E-state index >= 15 is 0 Å². The number of nitrogens with two attached hydrogens (primary N) is 1. The summed E-state index contributed by atoms with van der Waals surface area (Å²) in [5.41, 5.74) is 6.39. The zero-order valence-electron chi connectivity index (χ0n) is 7.24. The first-order chi connectivity index (χ1) is 6.77. The molecular weight excluding hydrogens is 178 g/mol. The second kappa shape index (κ2) is 3.23. The smallest absolute Gasteiger partial charge is 0.293 e. The van der Waals surface area contributed by atoms with E-state index in [1.54, 1.807) is 12.4 Å². The van der Waals surface area contributed by atoms with Crippen molar-refractivity contribution in [2.24, 2.45) is 5.73 Å². The molecule has 2 aromatic heterocycles. The minimum Gasteiger partial charge on any atom is -0.359 e. The van der Waals surface area contributed by atoms with Crippen molar-refractivity contribution in [2.45, 2.75) is 0 Å². The van der Waals surface area contributed by atoms with E-state index in [0.29, 0.717) is 0 Å². The molecule has 4 heteroatoms. The van der Waals surface area contributed by atoms with E-state index in [0.717, 1.165) is 16.6 Å². The molecule has 0 atom stereocenters. The highest BCUT2D eigenvalue weighted by atomic mass is 16.1. The molecule has 4 nitrogen and oxygen atoms in total. The molecule has 0 aliphatic rings. The standard InChI is InChI=1S/C10H7N3O/c11-9(14)4-3-7-6-13-10-8(7)2-1-5-12-10/h1-2,5-6H,(H2,11,14)(H,12,13). The van der Waals surface area contributed by atoms with Gasteiger partial charge in [-0.05, 0) is 12.1 Å². The lowest BCUT2D eigenvalue weighted by atomic mass is 10.2. The first-order valence-electron chi connectivity index (χ1n) is 4.01. The van der Waals surface area contributed by atoms with Crippen molar-refractivity contribution >= 4 is 16.9 Å². The minimum atomic E-state index is -0.636. The summed E-state index contributed by atoms with van der Waals surface area (Å²) < 4.78 is 0. The number of aromatic amines is 1. The average Bonchev–Trinajstić information content (AvgIpc) is 2.58. The molecule has 0 saturated carbocycles. The number of H-pyrrole nitrogens is 1. The maximum Gasteiger partial charge on any atom is 0.293 e. The van der Waals surface area contributed by atoms with E-state index in [1.165, 1.54) is 0 Å². The molecule has 2 aromatic rings. The first kappa shape index (κ1) is 8.32. The van der Waals surface area contributed by atoms with E-state index in [2.05, 4.69) is 21.8 Å². The Morgan fingerprint density at radius 1 is 1.57 bits per heavy atom. The highest BCUT2D eigenvalue weighted by molar-refractivity contribution is 5.94. The molecule has 2 heterocycles. The molecule has 14 heavy (non-hydrogen) atoms. The quantitative estimate of drug-likeness (QED) is 0.583. The molecule has 0 aliphatic carbocycles. The number of nitrogens with zero attached hydrogens (tertiary/aromatic N) is 1. The van der Waals surface area contributed by atoms with Crippen LogP contribution < -0.4 is 5.73 Å². The number of hydrogen-bond donors (Lipinski definition) is 2. The molecule has 0 aliphatic heterocycles. The first-order valence-corrected chi connectivity index (χ1v) is 4.01. The van der Waals surface area contributed by atoms with Crippen molar-refractivity contribution in [3.05, 3.63) is 30.1 Å². The third kappa shape index (κ3) is 1.43. The summed E-state index contributed by atoms with van der Waals surface area (Å²) >= 11 is 0. The van der Waals surface area contributed by atoms with Crippen molar-refractivity contribution in [1.29, 1.82) is 0 Å². The van der Waals surface area contributed by atoms with Gasteiger partial charge in [0.2, 0.25) is 0 Å². The number of aromatic nitrogens is 2. The van der Waals surface area contributed by atoms with Crippen LogP contribution in [-0.2, 0) is 4.79 Å². The summed E-state index contributed by atoms with van der Waals surface area (Å²) in [6.45, 7) is 0. The molecule has 2 rings (SSSR count). The van der Waals surface area contributed by atoms with Crippen LogP contribution in [0.4, 0.5) is 0 Å². The van der Waals surface area contributed by atoms with Gasteiger partial charge in [0.25, 0.3) is 5.91 Å². The Kier molecular flexibility index (Phi) is 1.92. The third-order valence-corrected chi connectivity index (χ3v) is 1.77. The molecule has 0 aromatic carbocycles. The Bertz CT molecular complexity index is 545. The van der Waals surface area contributed by atoms with Gasteiger partial charge in [0.05, 0.1) is 5.56 Å². The van der Waals surface area contributed by atoms with Gasteiger partial charge in [-0.1, -0.05) is 5.92 Å². The number of pyridine rings is 1. The van der Waals surface area contributed by atoms with Crippen molar-refractivity contribution in [2.75, 3.05) is 0 Å². The predicted molar refractivity (Wildman–Crippen MR) is 52.2 cm³/mol. The topological polar surface area (TPSA) is 71.8 Å². The molecule has 0 unspecified atom stereocenters. The third-order valence-electron chi connectivity index (χ3n) is 1.77. The number of nitrogens with one attached hydrogen (secondary N) is 1. The van der Waals surface area contributed by atoms with Gasteiger partial charge in [0.1, 0.15) is 5.65 Å². The fraction of sp³-hybridized carbons (Fsp3) is 0. The molecule has 0 bridgehead atoms. The molecule has 0 saturated heterocycles.